The van der Waals surface area contributed by atoms with E-state index in [-0.39, 0.29) is 5.56 Å². The quantitative estimate of drug-likeness (QED) is 0.552. The fourth-order valence-corrected chi connectivity index (χ4v) is 3.53. The molecule has 8 heteroatoms. The van der Waals surface area contributed by atoms with Gasteiger partial charge in [0.1, 0.15) is 17.0 Å². The minimum atomic E-state index is -1.23. The Kier molecular flexibility index (Phi) is 5.79. The zero-order valence-corrected chi connectivity index (χ0v) is 17.1. The second kappa shape index (κ2) is 8.13. The van der Waals surface area contributed by atoms with Crippen molar-refractivity contribution in [3.63, 3.8) is 0 Å². The summed E-state index contributed by atoms with van der Waals surface area (Å²) >= 11 is 5.94. The molecule has 1 aliphatic heterocycles. The third kappa shape index (κ3) is 3.65. The van der Waals surface area contributed by atoms with Gasteiger partial charge in [-0.3, -0.25) is 14.5 Å². The summed E-state index contributed by atoms with van der Waals surface area (Å²) in [6.45, 7) is 1.40. The predicted octanol–water partition coefficient (Wildman–Crippen LogP) is 3.40. The molecular formula is C21H21ClN2O5. The summed E-state index contributed by atoms with van der Waals surface area (Å²) in [6, 6.07) is 10.8. The molecule has 1 fully saturated rings. The number of ketones is 1. The number of Topliss-reactive ketones (excluding diaryl/α,β-unsaturated/α-hetero) is 1. The van der Waals surface area contributed by atoms with Crippen molar-refractivity contribution in [1.29, 1.82) is 0 Å². The lowest BCUT2D eigenvalue weighted by molar-refractivity contribution is -0.131. The Labute approximate surface area is 173 Å². The maximum Gasteiger partial charge on any atom is 0.325 e. The topological polar surface area (TPSA) is 84.9 Å². The van der Waals surface area contributed by atoms with Gasteiger partial charge in [-0.1, -0.05) is 30.7 Å². The van der Waals surface area contributed by atoms with Gasteiger partial charge < -0.3 is 14.8 Å². The fraction of sp³-hybridized carbons (Fsp3) is 0.286. The van der Waals surface area contributed by atoms with Crippen LogP contribution in [0.25, 0.3) is 0 Å². The van der Waals surface area contributed by atoms with E-state index in [1.54, 1.807) is 49.4 Å². The normalized spacial score (nSPS) is 18.6. The lowest BCUT2D eigenvalue weighted by Gasteiger charge is -2.25. The Morgan fingerprint density at radius 3 is 2.38 bits per heavy atom. The Hall–Kier alpha value is -3.06. The summed E-state index contributed by atoms with van der Waals surface area (Å²) in [5, 5.41) is 3.27. The van der Waals surface area contributed by atoms with Crippen LogP contribution in [-0.2, 0) is 10.3 Å². The van der Waals surface area contributed by atoms with E-state index < -0.39 is 29.8 Å². The first-order chi connectivity index (χ1) is 13.9. The van der Waals surface area contributed by atoms with Gasteiger partial charge >= 0.3 is 6.03 Å². The molecule has 0 aromatic heterocycles. The molecule has 0 radical (unpaired) electrons. The van der Waals surface area contributed by atoms with Gasteiger partial charge in [-0.15, -0.1) is 0 Å². The van der Waals surface area contributed by atoms with Crippen LogP contribution in [0.3, 0.4) is 0 Å². The molecule has 0 unspecified atom stereocenters. The number of hydrogen-bond donors (Lipinski definition) is 1. The lowest BCUT2D eigenvalue weighted by Crippen LogP contribution is -2.43. The Morgan fingerprint density at radius 2 is 1.79 bits per heavy atom. The van der Waals surface area contributed by atoms with Crippen molar-refractivity contribution in [2.24, 2.45) is 0 Å². The van der Waals surface area contributed by atoms with Gasteiger partial charge in [0, 0.05) is 11.1 Å². The summed E-state index contributed by atoms with van der Waals surface area (Å²) in [5.74, 6) is -0.0637. The van der Waals surface area contributed by atoms with Crippen LogP contribution in [0.15, 0.2) is 42.5 Å². The highest BCUT2D eigenvalue weighted by atomic mass is 35.5. The van der Waals surface area contributed by atoms with Crippen LogP contribution in [0, 0.1) is 0 Å². The van der Waals surface area contributed by atoms with Crippen molar-refractivity contribution in [1.82, 2.24) is 10.2 Å². The fourth-order valence-electron chi connectivity index (χ4n) is 3.40. The van der Waals surface area contributed by atoms with E-state index in [4.69, 9.17) is 21.1 Å². The molecule has 3 amide bonds. The monoisotopic (exact) mass is 416 g/mol. The third-order valence-corrected chi connectivity index (χ3v) is 5.31. The summed E-state index contributed by atoms with van der Waals surface area (Å²) in [7, 11) is 2.94. The minimum absolute atomic E-state index is 0.259. The summed E-state index contributed by atoms with van der Waals surface area (Å²) in [4.78, 5) is 39.5. The van der Waals surface area contributed by atoms with Crippen LogP contribution in [0.5, 0.6) is 11.5 Å². The predicted molar refractivity (Wildman–Crippen MR) is 108 cm³/mol. The van der Waals surface area contributed by atoms with Crippen molar-refractivity contribution in [2.45, 2.75) is 18.9 Å². The van der Waals surface area contributed by atoms with E-state index in [0.29, 0.717) is 28.5 Å². The van der Waals surface area contributed by atoms with E-state index in [0.717, 1.165) is 4.90 Å². The number of nitrogens with zero attached hydrogens (tertiary/aromatic N) is 1. The van der Waals surface area contributed by atoms with E-state index in [1.807, 2.05) is 0 Å². The van der Waals surface area contributed by atoms with E-state index >= 15 is 0 Å². The molecule has 1 heterocycles. The second-order valence-corrected chi connectivity index (χ2v) is 7.01. The maximum absolute atomic E-state index is 13.2. The number of amides is 3. The van der Waals surface area contributed by atoms with Gasteiger partial charge in [0.25, 0.3) is 5.91 Å². The van der Waals surface area contributed by atoms with Gasteiger partial charge in [-0.05, 0) is 36.2 Å². The standard InChI is InChI=1S/C21H21ClN2O5/c1-4-21(13-5-7-14(22)8-6-13)19(26)24(20(27)23-21)12-17(25)16-10-9-15(28-2)11-18(16)29-3/h5-11H,4,12H2,1-3H3,(H,23,27)/t21-/m0/s1. The van der Waals surface area contributed by atoms with E-state index in [1.165, 1.54) is 14.2 Å². The summed E-state index contributed by atoms with van der Waals surface area (Å²) < 4.78 is 10.4. The number of hydrogen-bond acceptors (Lipinski definition) is 5. The Bertz CT molecular complexity index is 960. The first-order valence-electron chi connectivity index (χ1n) is 9.01. The smallest absolute Gasteiger partial charge is 0.325 e. The van der Waals surface area contributed by atoms with Gasteiger partial charge in [0.15, 0.2) is 5.78 Å². The number of carbonyl (C=O) groups excluding carboxylic acids is 3. The Morgan fingerprint density at radius 1 is 1.10 bits per heavy atom. The van der Waals surface area contributed by atoms with E-state index in [2.05, 4.69) is 5.32 Å². The highest BCUT2D eigenvalue weighted by Crippen LogP contribution is 2.33. The minimum Gasteiger partial charge on any atom is -0.497 e. The molecular weight excluding hydrogens is 396 g/mol. The second-order valence-electron chi connectivity index (χ2n) is 6.58. The molecule has 2 aromatic carbocycles. The van der Waals surface area contributed by atoms with Crippen LogP contribution in [0.1, 0.15) is 29.3 Å². The number of nitrogens with one attached hydrogen (secondary N) is 1. The molecule has 0 bridgehead atoms. The molecule has 3 rings (SSSR count). The van der Waals surface area contributed by atoms with Crippen molar-refractivity contribution >= 4 is 29.3 Å². The summed E-state index contributed by atoms with van der Waals surface area (Å²) in [6.07, 6.45) is 0.329. The zero-order chi connectivity index (χ0) is 21.2. The molecule has 29 heavy (non-hydrogen) atoms. The van der Waals surface area contributed by atoms with Crippen molar-refractivity contribution in [3.05, 3.63) is 58.6 Å². The number of carbonyl (C=O) groups is 3. The van der Waals surface area contributed by atoms with Gasteiger partial charge in [0.2, 0.25) is 0 Å². The zero-order valence-electron chi connectivity index (χ0n) is 16.3. The molecule has 2 aromatic rings. The average molecular weight is 417 g/mol. The van der Waals surface area contributed by atoms with Crippen LogP contribution in [0.4, 0.5) is 4.79 Å². The Balaban J connectivity index is 1.88. The number of rotatable bonds is 7. The first-order valence-corrected chi connectivity index (χ1v) is 9.39. The molecule has 1 atom stereocenters. The van der Waals surface area contributed by atoms with Crippen LogP contribution in [0.2, 0.25) is 5.02 Å². The van der Waals surface area contributed by atoms with Crippen molar-refractivity contribution in [3.8, 4) is 11.5 Å². The first kappa shape index (κ1) is 20.7. The van der Waals surface area contributed by atoms with Crippen molar-refractivity contribution in [2.75, 3.05) is 20.8 Å². The van der Waals surface area contributed by atoms with Crippen LogP contribution >= 0.6 is 11.6 Å². The highest BCUT2D eigenvalue weighted by Gasteiger charge is 2.51. The lowest BCUT2D eigenvalue weighted by atomic mass is 9.87. The summed E-state index contributed by atoms with van der Waals surface area (Å²) in [5.41, 5.74) is -0.361. The maximum atomic E-state index is 13.2. The SMILES string of the molecule is CC[C@@]1(c2ccc(Cl)cc2)NC(=O)N(CC(=O)c2ccc(OC)cc2OC)C1=O. The van der Waals surface area contributed by atoms with Crippen LogP contribution in [-0.4, -0.2) is 43.4 Å². The van der Waals surface area contributed by atoms with Gasteiger partial charge in [-0.25, -0.2) is 4.79 Å². The molecule has 7 nitrogen and oxygen atoms in total. The molecule has 0 aliphatic carbocycles. The number of urea groups is 1. The average Bonchev–Trinajstić information content (AvgIpc) is 2.98. The number of halogens is 1. The number of methoxy groups -OCH3 is 2. The van der Waals surface area contributed by atoms with Gasteiger partial charge in [-0.2, -0.15) is 0 Å². The number of benzene rings is 2. The third-order valence-electron chi connectivity index (χ3n) is 5.05. The number of imide groups is 1. The largest absolute Gasteiger partial charge is 0.497 e. The van der Waals surface area contributed by atoms with E-state index in [9.17, 15) is 14.4 Å². The molecule has 0 saturated carbocycles. The number of ether oxygens (including phenoxy) is 2. The molecule has 152 valence electrons. The van der Waals surface area contributed by atoms with Crippen LogP contribution < -0.4 is 14.8 Å². The molecule has 1 saturated heterocycles. The molecule has 1 N–H and O–H groups in total. The van der Waals surface area contributed by atoms with Crippen molar-refractivity contribution < 1.29 is 23.9 Å². The molecule has 0 spiro atoms. The van der Waals surface area contributed by atoms with Gasteiger partial charge in [0.05, 0.1) is 26.3 Å². The molecule has 1 aliphatic rings. The highest BCUT2D eigenvalue weighted by molar-refractivity contribution is 6.30.